The fraction of sp³-hybridized carbons (Fsp3) is 0.250. The fourth-order valence-electron chi connectivity index (χ4n) is 1.95. The number of carbonyl (C=O) groups is 1. The first-order valence-electron chi connectivity index (χ1n) is 4.99. The van der Waals surface area contributed by atoms with Crippen LogP contribution in [-0.2, 0) is 6.42 Å². The van der Waals surface area contributed by atoms with E-state index in [1.54, 1.807) is 22.7 Å². The van der Waals surface area contributed by atoms with E-state index in [1.165, 1.54) is 19.5 Å². The third-order valence-electron chi connectivity index (χ3n) is 2.68. The molecule has 0 radical (unpaired) electrons. The van der Waals surface area contributed by atoms with Crippen LogP contribution in [0.1, 0.15) is 32.6 Å². The first kappa shape index (κ1) is 9.31. The summed E-state index contributed by atoms with van der Waals surface area (Å²) in [6.07, 6.45) is 1.02. The van der Waals surface area contributed by atoms with Gasteiger partial charge in [-0.15, -0.1) is 22.7 Å². The largest absolute Gasteiger partial charge is 0.288 e. The SMILES string of the molecule is CCc1cc2c(s1)-c1sc(C)cc1C2=O. The lowest BCUT2D eigenvalue weighted by atomic mass is 10.1. The van der Waals surface area contributed by atoms with Gasteiger partial charge in [0.1, 0.15) is 0 Å². The summed E-state index contributed by atoms with van der Waals surface area (Å²) in [6.45, 7) is 4.19. The number of fused-ring (bicyclic) bond motifs is 3. The molecule has 0 aromatic carbocycles. The summed E-state index contributed by atoms with van der Waals surface area (Å²) in [5.74, 6) is 0.223. The molecule has 0 atom stereocenters. The summed E-state index contributed by atoms with van der Waals surface area (Å²) in [6, 6.07) is 4.07. The van der Waals surface area contributed by atoms with Crippen molar-refractivity contribution in [2.45, 2.75) is 20.3 Å². The Morgan fingerprint density at radius 1 is 1.13 bits per heavy atom. The van der Waals surface area contributed by atoms with Gasteiger partial charge >= 0.3 is 0 Å². The van der Waals surface area contributed by atoms with Crippen LogP contribution in [-0.4, -0.2) is 5.78 Å². The molecule has 0 unspecified atom stereocenters. The highest BCUT2D eigenvalue weighted by Gasteiger charge is 2.30. The molecule has 3 rings (SSSR count). The normalized spacial score (nSPS) is 13.1. The van der Waals surface area contributed by atoms with E-state index in [-0.39, 0.29) is 5.78 Å². The van der Waals surface area contributed by atoms with E-state index in [2.05, 4.69) is 19.9 Å². The topological polar surface area (TPSA) is 17.1 Å². The number of hydrogen-bond acceptors (Lipinski definition) is 3. The number of thiophene rings is 2. The minimum atomic E-state index is 0.223. The van der Waals surface area contributed by atoms with Crippen LogP contribution < -0.4 is 0 Å². The van der Waals surface area contributed by atoms with E-state index in [1.807, 2.05) is 6.07 Å². The average Bonchev–Trinajstić information content (AvgIpc) is 2.83. The van der Waals surface area contributed by atoms with Crippen molar-refractivity contribution < 1.29 is 4.79 Å². The summed E-state index contributed by atoms with van der Waals surface area (Å²) in [5, 5.41) is 0. The molecule has 15 heavy (non-hydrogen) atoms. The molecule has 1 nitrogen and oxygen atoms in total. The molecular weight excluding hydrogens is 224 g/mol. The molecule has 2 aromatic heterocycles. The molecule has 0 amide bonds. The third kappa shape index (κ3) is 1.17. The molecule has 1 aliphatic carbocycles. The second kappa shape index (κ2) is 3.03. The molecule has 0 saturated heterocycles. The van der Waals surface area contributed by atoms with Crippen molar-refractivity contribution in [1.82, 2.24) is 0 Å². The van der Waals surface area contributed by atoms with Crippen LogP contribution in [0.25, 0.3) is 9.75 Å². The quantitative estimate of drug-likeness (QED) is 0.624. The fourth-order valence-corrected chi connectivity index (χ4v) is 4.21. The highest BCUT2D eigenvalue weighted by Crippen LogP contribution is 2.46. The number of ketones is 1. The Morgan fingerprint density at radius 3 is 2.53 bits per heavy atom. The lowest BCUT2D eigenvalue weighted by Gasteiger charge is -1.88. The third-order valence-corrected chi connectivity index (χ3v) is 5.18. The first-order valence-corrected chi connectivity index (χ1v) is 6.62. The lowest BCUT2D eigenvalue weighted by molar-refractivity contribution is 0.104. The highest BCUT2D eigenvalue weighted by atomic mass is 32.1. The van der Waals surface area contributed by atoms with Crippen LogP contribution in [0.5, 0.6) is 0 Å². The molecule has 3 heteroatoms. The summed E-state index contributed by atoms with van der Waals surface area (Å²) >= 11 is 3.51. The van der Waals surface area contributed by atoms with Gasteiger partial charge in [0, 0.05) is 20.9 Å². The Morgan fingerprint density at radius 2 is 1.80 bits per heavy atom. The van der Waals surface area contributed by atoms with Gasteiger partial charge in [0.15, 0.2) is 5.78 Å². The summed E-state index contributed by atoms with van der Waals surface area (Å²) in [4.78, 5) is 17.0. The van der Waals surface area contributed by atoms with Crippen molar-refractivity contribution in [1.29, 1.82) is 0 Å². The maximum Gasteiger partial charge on any atom is 0.196 e. The molecular formula is C12H10OS2. The second-order valence-corrected chi connectivity index (χ2v) is 6.13. The number of rotatable bonds is 1. The summed E-state index contributed by atoms with van der Waals surface area (Å²) in [7, 11) is 0. The van der Waals surface area contributed by atoms with Gasteiger partial charge in [0.25, 0.3) is 0 Å². The Balaban J connectivity index is 2.28. The molecule has 2 heterocycles. The van der Waals surface area contributed by atoms with E-state index in [0.717, 1.165) is 17.5 Å². The van der Waals surface area contributed by atoms with E-state index in [0.29, 0.717) is 0 Å². The van der Waals surface area contributed by atoms with Crippen LogP contribution in [0, 0.1) is 6.92 Å². The van der Waals surface area contributed by atoms with E-state index < -0.39 is 0 Å². The summed E-state index contributed by atoms with van der Waals surface area (Å²) < 4.78 is 0. The predicted molar refractivity (Wildman–Crippen MR) is 65.2 cm³/mol. The first-order chi connectivity index (χ1) is 7.20. The van der Waals surface area contributed by atoms with Gasteiger partial charge in [-0.25, -0.2) is 0 Å². The molecule has 2 aromatic rings. The van der Waals surface area contributed by atoms with Crippen LogP contribution >= 0.6 is 22.7 Å². The van der Waals surface area contributed by atoms with Gasteiger partial charge in [-0.2, -0.15) is 0 Å². The van der Waals surface area contributed by atoms with Crippen LogP contribution in [0.3, 0.4) is 0 Å². The Labute approximate surface area is 96.4 Å². The van der Waals surface area contributed by atoms with E-state index in [9.17, 15) is 4.79 Å². The lowest BCUT2D eigenvalue weighted by Crippen LogP contribution is -1.92. The van der Waals surface area contributed by atoms with Gasteiger partial charge in [-0.1, -0.05) is 6.92 Å². The van der Waals surface area contributed by atoms with Gasteiger partial charge in [-0.3, -0.25) is 4.79 Å². The molecule has 0 saturated carbocycles. The van der Waals surface area contributed by atoms with E-state index >= 15 is 0 Å². The molecule has 0 N–H and O–H groups in total. The van der Waals surface area contributed by atoms with Crippen molar-refractivity contribution in [2.24, 2.45) is 0 Å². The smallest absolute Gasteiger partial charge is 0.196 e. The zero-order valence-corrected chi connectivity index (χ0v) is 10.2. The van der Waals surface area contributed by atoms with E-state index in [4.69, 9.17) is 0 Å². The van der Waals surface area contributed by atoms with Gasteiger partial charge < -0.3 is 0 Å². The summed E-state index contributed by atoms with van der Waals surface area (Å²) in [5.41, 5.74) is 1.85. The van der Waals surface area contributed by atoms with Gasteiger partial charge in [0.2, 0.25) is 0 Å². The maximum absolute atomic E-state index is 12.0. The Bertz CT molecular complexity index is 560. The number of hydrogen-bond donors (Lipinski definition) is 0. The van der Waals surface area contributed by atoms with Gasteiger partial charge in [0.05, 0.1) is 9.75 Å². The average molecular weight is 234 g/mol. The standard InChI is InChI=1S/C12H10OS2/c1-3-7-5-9-10(13)8-4-6(2)14-11(8)12(9)15-7/h4-5H,3H2,1-2H3. The molecule has 0 spiro atoms. The Hall–Kier alpha value is -0.930. The monoisotopic (exact) mass is 234 g/mol. The zero-order valence-electron chi connectivity index (χ0n) is 8.59. The van der Waals surface area contributed by atoms with Gasteiger partial charge in [-0.05, 0) is 25.5 Å². The molecule has 0 bridgehead atoms. The van der Waals surface area contributed by atoms with Crippen molar-refractivity contribution in [3.8, 4) is 9.75 Å². The maximum atomic E-state index is 12.0. The number of aryl methyl sites for hydroxylation is 2. The molecule has 0 aliphatic heterocycles. The molecule has 76 valence electrons. The molecule has 0 fully saturated rings. The number of carbonyl (C=O) groups excluding carboxylic acids is 1. The van der Waals surface area contributed by atoms with Crippen LogP contribution in [0.15, 0.2) is 12.1 Å². The van der Waals surface area contributed by atoms with Crippen molar-refractivity contribution in [3.05, 3.63) is 33.0 Å². The minimum Gasteiger partial charge on any atom is -0.288 e. The second-order valence-electron chi connectivity index (χ2n) is 3.74. The minimum absolute atomic E-state index is 0.223. The Kier molecular flexibility index (Phi) is 1.88. The van der Waals surface area contributed by atoms with Crippen LogP contribution in [0.4, 0.5) is 0 Å². The van der Waals surface area contributed by atoms with Crippen molar-refractivity contribution in [2.75, 3.05) is 0 Å². The predicted octanol–water partition coefficient (Wildman–Crippen LogP) is 3.89. The van der Waals surface area contributed by atoms with Crippen molar-refractivity contribution >= 4 is 28.5 Å². The highest BCUT2D eigenvalue weighted by molar-refractivity contribution is 7.23. The van der Waals surface area contributed by atoms with Crippen molar-refractivity contribution in [3.63, 3.8) is 0 Å². The van der Waals surface area contributed by atoms with Crippen LogP contribution in [0.2, 0.25) is 0 Å². The zero-order chi connectivity index (χ0) is 10.6. The molecule has 1 aliphatic rings.